The van der Waals surface area contributed by atoms with Gasteiger partial charge in [0.15, 0.2) is 17.3 Å². The van der Waals surface area contributed by atoms with Crippen LogP contribution < -0.4 is 10.2 Å². The lowest BCUT2D eigenvalue weighted by atomic mass is 10.0. The first-order valence-electron chi connectivity index (χ1n) is 8.73. The van der Waals surface area contributed by atoms with E-state index in [1.807, 2.05) is 6.07 Å². The lowest BCUT2D eigenvalue weighted by Crippen LogP contribution is -2.45. The maximum absolute atomic E-state index is 12.0. The minimum atomic E-state index is -0.389. The molecule has 1 aromatic rings. The van der Waals surface area contributed by atoms with Gasteiger partial charge in [0.25, 0.3) is 5.91 Å². The Morgan fingerprint density at radius 1 is 1.25 bits per heavy atom. The molecule has 2 aliphatic heterocycles. The summed E-state index contributed by atoms with van der Waals surface area (Å²) in [4.78, 5) is 14.2. The Hall–Kier alpha value is -1.73. The van der Waals surface area contributed by atoms with Gasteiger partial charge >= 0.3 is 0 Å². The summed E-state index contributed by atoms with van der Waals surface area (Å²) in [6.07, 6.45) is 2.61. The summed E-state index contributed by atoms with van der Waals surface area (Å²) in [6.45, 7) is 7.91. The summed E-state index contributed by atoms with van der Waals surface area (Å²) in [5.41, 5.74) is 0.360. The number of nitrogens with one attached hydrogen (secondary N) is 1. The molecule has 0 atom stereocenters. The molecule has 1 amide bonds. The lowest BCUT2D eigenvalue weighted by Gasteiger charge is -2.37. The van der Waals surface area contributed by atoms with Crippen LogP contribution in [0.3, 0.4) is 0 Å². The molecule has 1 N–H and O–H groups in total. The Balaban J connectivity index is 1.52. The molecule has 132 valence electrons. The van der Waals surface area contributed by atoms with Crippen LogP contribution in [0.5, 0.6) is 0 Å². The van der Waals surface area contributed by atoms with E-state index in [9.17, 15) is 4.79 Å². The fraction of sp³-hybridized carbons (Fsp3) is 0.706. The third-order valence-electron chi connectivity index (χ3n) is 4.55. The summed E-state index contributed by atoms with van der Waals surface area (Å²) in [6, 6.07) is 3.60. The average molecular weight is 334 g/mol. The smallest absolute Gasteiger partial charge is 0.271 e. The zero-order valence-corrected chi connectivity index (χ0v) is 14.5. The van der Waals surface area contributed by atoms with Crippen molar-refractivity contribution in [3.63, 3.8) is 0 Å². The average Bonchev–Trinajstić information content (AvgIpc) is 3.03. The van der Waals surface area contributed by atoms with Gasteiger partial charge in [-0.25, -0.2) is 0 Å². The van der Waals surface area contributed by atoms with Crippen LogP contribution in [0.15, 0.2) is 12.1 Å². The molecule has 0 saturated carbocycles. The highest BCUT2D eigenvalue weighted by Gasteiger charge is 2.40. The molecule has 2 aliphatic rings. The fourth-order valence-electron chi connectivity index (χ4n) is 3.04. The number of anilines is 1. The molecule has 3 heterocycles. The molecule has 0 aromatic carbocycles. The van der Waals surface area contributed by atoms with E-state index >= 15 is 0 Å². The van der Waals surface area contributed by atoms with E-state index in [0.29, 0.717) is 31.4 Å². The maximum atomic E-state index is 12.0. The van der Waals surface area contributed by atoms with Crippen LogP contribution in [0, 0.1) is 5.92 Å². The van der Waals surface area contributed by atoms with Crippen molar-refractivity contribution in [2.75, 3.05) is 37.7 Å². The van der Waals surface area contributed by atoms with Gasteiger partial charge in [-0.3, -0.25) is 4.79 Å². The number of carbonyl (C=O) groups is 1. The Morgan fingerprint density at radius 3 is 2.54 bits per heavy atom. The zero-order valence-electron chi connectivity index (χ0n) is 14.5. The quantitative estimate of drug-likeness (QED) is 0.881. The van der Waals surface area contributed by atoms with Crippen LogP contribution in [-0.4, -0.2) is 54.7 Å². The SMILES string of the molecule is CC(C)CCNC(=O)c1ccc(N2CCC3(CC2)OCCO3)nn1. The van der Waals surface area contributed by atoms with Crippen LogP contribution in [-0.2, 0) is 9.47 Å². The van der Waals surface area contributed by atoms with Gasteiger partial charge < -0.3 is 19.7 Å². The normalized spacial score (nSPS) is 19.9. The van der Waals surface area contributed by atoms with Crippen LogP contribution >= 0.6 is 0 Å². The number of carbonyl (C=O) groups excluding carboxylic acids is 1. The van der Waals surface area contributed by atoms with Crippen LogP contribution in [0.25, 0.3) is 0 Å². The van der Waals surface area contributed by atoms with Gasteiger partial charge in [-0.1, -0.05) is 13.8 Å². The van der Waals surface area contributed by atoms with E-state index in [4.69, 9.17) is 9.47 Å². The first-order valence-corrected chi connectivity index (χ1v) is 8.73. The fourth-order valence-corrected chi connectivity index (χ4v) is 3.04. The lowest BCUT2D eigenvalue weighted by molar-refractivity contribution is -0.169. The maximum Gasteiger partial charge on any atom is 0.271 e. The van der Waals surface area contributed by atoms with E-state index in [2.05, 4.69) is 34.3 Å². The summed E-state index contributed by atoms with van der Waals surface area (Å²) in [5.74, 6) is 0.802. The number of amides is 1. The summed E-state index contributed by atoms with van der Waals surface area (Å²) in [5, 5.41) is 11.2. The molecule has 2 fully saturated rings. The molecular formula is C17H26N4O3. The van der Waals surface area contributed by atoms with Gasteiger partial charge in [-0.15, -0.1) is 10.2 Å². The molecule has 0 bridgehead atoms. The van der Waals surface area contributed by atoms with E-state index in [1.54, 1.807) is 6.07 Å². The standard InChI is InChI=1S/C17H26N4O3/c1-13(2)5-8-18-16(22)14-3-4-15(20-19-14)21-9-6-17(7-10-21)23-11-12-24-17/h3-4,13H,5-12H2,1-2H3,(H,18,22). The highest BCUT2D eigenvalue weighted by Crippen LogP contribution is 2.32. The van der Waals surface area contributed by atoms with Gasteiger partial charge in [-0.05, 0) is 24.5 Å². The summed E-state index contributed by atoms with van der Waals surface area (Å²) < 4.78 is 11.5. The number of hydrogen-bond donors (Lipinski definition) is 1. The third kappa shape index (κ3) is 4.02. The van der Waals surface area contributed by atoms with Gasteiger partial charge in [0, 0.05) is 32.5 Å². The second kappa shape index (κ2) is 7.44. The van der Waals surface area contributed by atoms with Crippen molar-refractivity contribution < 1.29 is 14.3 Å². The highest BCUT2D eigenvalue weighted by molar-refractivity contribution is 5.92. The Labute approximate surface area is 142 Å². The Bertz CT molecular complexity index is 545. The third-order valence-corrected chi connectivity index (χ3v) is 4.55. The summed E-state index contributed by atoms with van der Waals surface area (Å²) in [7, 11) is 0. The molecule has 3 rings (SSSR count). The number of hydrogen-bond acceptors (Lipinski definition) is 6. The number of rotatable bonds is 5. The molecule has 0 radical (unpaired) electrons. The number of nitrogens with zero attached hydrogens (tertiary/aromatic N) is 3. The molecule has 1 spiro atoms. The van der Waals surface area contributed by atoms with Crippen molar-refractivity contribution in [2.45, 2.75) is 38.9 Å². The number of aromatic nitrogens is 2. The van der Waals surface area contributed by atoms with Gasteiger partial charge in [0.2, 0.25) is 0 Å². The molecule has 24 heavy (non-hydrogen) atoms. The molecule has 1 aromatic heterocycles. The van der Waals surface area contributed by atoms with Crippen molar-refractivity contribution >= 4 is 11.7 Å². The van der Waals surface area contributed by atoms with E-state index in [1.165, 1.54) is 0 Å². The Kier molecular flexibility index (Phi) is 5.30. The second-order valence-corrected chi connectivity index (χ2v) is 6.81. The first-order chi connectivity index (χ1) is 11.6. The molecule has 7 heteroatoms. The summed E-state index contributed by atoms with van der Waals surface area (Å²) >= 11 is 0. The van der Waals surface area contributed by atoms with Gasteiger partial charge in [-0.2, -0.15) is 0 Å². The molecule has 0 aliphatic carbocycles. The topological polar surface area (TPSA) is 76.6 Å². The van der Waals surface area contributed by atoms with Crippen molar-refractivity contribution in [2.24, 2.45) is 5.92 Å². The van der Waals surface area contributed by atoms with E-state index in [-0.39, 0.29) is 11.7 Å². The van der Waals surface area contributed by atoms with Crippen molar-refractivity contribution in [1.82, 2.24) is 15.5 Å². The zero-order chi connectivity index (χ0) is 17.0. The number of piperidine rings is 1. The predicted molar refractivity (Wildman–Crippen MR) is 89.9 cm³/mol. The van der Waals surface area contributed by atoms with E-state index < -0.39 is 0 Å². The minimum absolute atomic E-state index is 0.167. The van der Waals surface area contributed by atoms with Gasteiger partial charge in [0.05, 0.1) is 13.2 Å². The van der Waals surface area contributed by atoms with E-state index in [0.717, 1.165) is 38.2 Å². The monoisotopic (exact) mass is 334 g/mol. The number of ether oxygens (including phenoxy) is 2. The molecular weight excluding hydrogens is 308 g/mol. The molecule has 2 saturated heterocycles. The largest absolute Gasteiger partial charge is 0.355 e. The minimum Gasteiger partial charge on any atom is -0.355 e. The molecule has 7 nitrogen and oxygen atoms in total. The first kappa shape index (κ1) is 17.1. The van der Waals surface area contributed by atoms with Gasteiger partial charge in [0.1, 0.15) is 0 Å². The second-order valence-electron chi connectivity index (χ2n) is 6.81. The van der Waals surface area contributed by atoms with Crippen molar-refractivity contribution in [1.29, 1.82) is 0 Å². The van der Waals surface area contributed by atoms with Crippen molar-refractivity contribution in [3.8, 4) is 0 Å². The predicted octanol–water partition coefficient (Wildman–Crippen LogP) is 1.60. The van der Waals surface area contributed by atoms with Crippen LogP contribution in [0.1, 0.15) is 43.6 Å². The van der Waals surface area contributed by atoms with Crippen LogP contribution in [0.4, 0.5) is 5.82 Å². The van der Waals surface area contributed by atoms with Crippen molar-refractivity contribution in [3.05, 3.63) is 17.8 Å². The van der Waals surface area contributed by atoms with Crippen LogP contribution in [0.2, 0.25) is 0 Å². The Morgan fingerprint density at radius 2 is 1.96 bits per heavy atom. The highest BCUT2D eigenvalue weighted by atomic mass is 16.7. The molecule has 0 unspecified atom stereocenters.